The van der Waals surface area contributed by atoms with Crippen molar-refractivity contribution in [3.63, 3.8) is 0 Å². The van der Waals surface area contributed by atoms with Crippen LogP contribution in [0.15, 0.2) is 41.7 Å². The van der Waals surface area contributed by atoms with Gasteiger partial charge < -0.3 is 16.0 Å². The number of nitrogens with zero attached hydrogens (tertiary/aromatic N) is 5. The number of sulfonamides is 1. The Morgan fingerprint density at radius 2 is 1.71 bits per heavy atom. The largest absolute Gasteiger partial charge is 0.382 e. The van der Waals surface area contributed by atoms with Gasteiger partial charge in [0.15, 0.2) is 11.5 Å². The number of amides is 1. The summed E-state index contributed by atoms with van der Waals surface area (Å²) in [6.07, 6.45) is 10.6. The van der Waals surface area contributed by atoms with Gasteiger partial charge in [0.05, 0.1) is 23.8 Å². The number of piperidine rings is 1. The van der Waals surface area contributed by atoms with E-state index in [1.54, 1.807) is 6.20 Å². The van der Waals surface area contributed by atoms with E-state index in [0.717, 1.165) is 56.7 Å². The third-order valence-electron chi connectivity index (χ3n) is 7.52. The monoisotopic (exact) mass is 621 g/mol. The minimum atomic E-state index is -4.20. The van der Waals surface area contributed by atoms with Gasteiger partial charge in [0.2, 0.25) is 10.0 Å². The van der Waals surface area contributed by atoms with Crippen molar-refractivity contribution in [3.8, 4) is 11.3 Å². The molecule has 2 aliphatic rings. The van der Waals surface area contributed by atoms with E-state index < -0.39 is 32.5 Å². The van der Waals surface area contributed by atoms with Gasteiger partial charge in [0, 0.05) is 24.8 Å². The number of aryl methyl sites for hydroxylation is 1. The number of anilines is 2. The summed E-state index contributed by atoms with van der Waals surface area (Å²) in [6.45, 7) is 3.69. The molecule has 3 N–H and O–H groups in total. The maximum Gasteiger partial charge on any atom is 0.278 e. The van der Waals surface area contributed by atoms with Gasteiger partial charge in [-0.25, -0.2) is 27.2 Å². The molecule has 2 aliphatic heterocycles. The van der Waals surface area contributed by atoms with Crippen molar-refractivity contribution in [2.45, 2.75) is 49.8 Å². The standard InChI is InChI=1S/C28H33F2N7O3S.ClH/c29-21-16-25(41(39,40)37-13-2-1-3-14-37)22(30)15-20(21)24-18-33-27(31)26(34-24)28(38)35-23-17-32-9-8-19(23)7-6-12-36-10-4-5-11-36;/h8-9,15-18H,1-7,10-14H2,(H2,31,33)(H,35,38);1H. The van der Waals surface area contributed by atoms with Crippen molar-refractivity contribution < 1.29 is 22.0 Å². The molecule has 0 bridgehead atoms. The molecule has 0 saturated carbocycles. The lowest BCUT2D eigenvalue weighted by Gasteiger charge is -2.26. The molecule has 42 heavy (non-hydrogen) atoms. The first-order valence-electron chi connectivity index (χ1n) is 13.8. The summed E-state index contributed by atoms with van der Waals surface area (Å²) < 4.78 is 57.4. The zero-order chi connectivity index (χ0) is 29.0. The van der Waals surface area contributed by atoms with Crippen molar-refractivity contribution >= 4 is 39.8 Å². The molecule has 1 aromatic carbocycles. The lowest BCUT2D eigenvalue weighted by Crippen LogP contribution is -2.36. The normalized spacial score (nSPS) is 16.2. The Morgan fingerprint density at radius 3 is 2.45 bits per heavy atom. The minimum Gasteiger partial charge on any atom is -0.382 e. The molecule has 0 spiro atoms. The van der Waals surface area contributed by atoms with Crippen LogP contribution in [-0.4, -0.2) is 71.2 Å². The smallest absolute Gasteiger partial charge is 0.278 e. The highest BCUT2D eigenvalue weighted by Crippen LogP contribution is 2.30. The fraction of sp³-hybridized carbons (Fsp3) is 0.429. The third-order valence-corrected chi connectivity index (χ3v) is 9.44. The number of carbonyl (C=O) groups excluding carboxylic acids is 1. The predicted octanol–water partition coefficient (Wildman–Crippen LogP) is 4.28. The van der Waals surface area contributed by atoms with Crippen molar-refractivity contribution in [1.29, 1.82) is 0 Å². The Morgan fingerprint density at radius 1 is 1.00 bits per heavy atom. The first-order valence-corrected chi connectivity index (χ1v) is 15.3. The number of hydrogen-bond donors (Lipinski definition) is 2. The van der Waals surface area contributed by atoms with Crippen LogP contribution < -0.4 is 11.1 Å². The maximum absolute atomic E-state index is 15.2. The molecule has 2 aromatic heterocycles. The van der Waals surface area contributed by atoms with Crippen LogP contribution in [0, 0.1) is 11.6 Å². The molecule has 10 nitrogen and oxygen atoms in total. The van der Waals surface area contributed by atoms with Crippen LogP contribution in [0.5, 0.6) is 0 Å². The number of carbonyl (C=O) groups is 1. The number of rotatable bonds is 9. The quantitative estimate of drug-likeness (QED) is 0.362. The van der Waals surface area contributed by atoms with E-state index >= 15 is 8.78 Å². The molecule has 0 atom stereocenters. The molecular weight excluding hydrogens is 588 g/mol. The Bertz CT molecular complexity index is 1530. The zero-order valence-electron chi connectivity index (χ0n) is 23.1. The first-order chi connectivity index (χ1) is 19.7. The third kappa shape index (κ3) is 7.02. The second kappa shape index (κ2) is 13.8. The van der Waals surface area contributed by atoms with E-state index in [1.807, 2.05) is 6.07 Å². The van der Waals surface area contributed by atoms with Crippen molar-refractivity contribution in [2.75, 3.05) is 43.8 Å². The average Bonchev–Trinajstić information content (AvgIpc) is 3.49. The van der Waals surface area contributed by atoms with Crippen LogP contribution in [0.3, 0.4) is 0 Å². The second-order valence-corrected chi connectivity index (χ2v) is 12.3. The van der Waals surface area contributed by atoms with Gasteiger partial charge in [-0.2, -0.15) is 4.31 Å². The van der Waals surface area contributed by atoms with Crippen LogP contribution in [0.25, 0.3) is 11.3 Å². The number of halogens is 3. The predicted molar refractivity (Wildman–Crippen MR) is 158 cm³/mol. The highest BCUT2D eigenvalue weighted by Gasteiger charge is 2.30. The molecule has 3 aromatic rings. The molecule has 0 unspecified atom stereocenters. The molecule has 14 heteroatoms. The molecule has 4 heterocycles. The molecule has 1 amide bonds. The fourth-order valence-corrected chi connectivity index (χ4v) is 6.87. The van der Waals surface area contributed by atoms with Crippen LogP contribution in [0.4, 0.5) is 20.3 Å². The van der Waals surface area contributed by atoms with Crippen LogP contribution in [0.1, 0.15) is 54.6 Å². The Hall–Kier alpha value is -3.26. The molecule has 0 radical (unpaired) electrons. The Kier molecular flexibility index (Phi) is 10.4. The van der Waals surface area contributed by atoms with Gasteiger partial charge in [-0.1, -0.05) is 6.42 Å². The number of pyridine rings is 1. The average molecular weight is 622 g/mol. The molecule has 0 aliphatic carbocycles. The number of nitrogen functional groups attached to an aromatic ring is 1. The Balaban J connectivity index is 0.00000405. The molecule has 2 fully saturated rings. The minimum absolute atomic E-state index is 0. The SMILES string of the molecule is Cl.Nc1ncc(-c2cc(F)c(S(=O)(=O)N3CCCCC3)cc2F)nc1C(=O)Nc1cnccc1CCCN1CCCC1. The van der Waals surface area contributed by atoms with Crippen molar-refractivity contribution in [2.24, 2.45) is 0 Å². The van der Waals surface area contributed by atoms with Gasteiger partial charge in [-0.15, -0.1) is 12.4 Å². The summed E-state index contributed by atoms with van der Waals surface area (Å²) in [5.41, 5.74) is 6.54. The number of nitrogens with one attached hydrogen (secondary N) is 1. The zero-order valence-corrected chi connectivity index (χ0v) is 24.7. The number of aromatic nitrogens is 3. The van der Waals surface area contributed by atoms with Crippen LogP contribution >= 0.6 is 12.4 Å². The van der Waals surface area contributed by atoms with Crippen molar-refractivity contribution in [1.82, 2.24) is 24.2 Å². The molecule has 226 valence electrons. The van der Waals surface area contributed by atoms with E-state index in [-0.39, 0.29) is 48.3 Å². The highest BCUT2D eigenvalue weighted by molar-refractivity contribution is 7.89. The van der Waals surface area contributed by atoms with E-state index in [2.05, 4.69) is 25.2 Å². The molecule has 2 saturated heterocycles. The molecular formula is C28H34ClF2N7O3S. The number of benzene rings is 1. The van der Waals surface area contributed by atoms with Gasteiger partial charge in [0.25, 0.3) is 5.91 Å². The summed E-state index contributed by atoms with van der Waals surface area (Å²) >= 11 is 0. The van der Waals surface area contributed by atoms with E-state index in [1.165, 1.54) is 23.3 Å². The van der Waals surface area contributed by atoms with E-state index in [9.17, 15) is 13.2 Å². The number of nitrogens with two attached hydrogens (primary N) is 1. The first kappa shape index (κ1) is 31.7. The maximum atomic E-state index is 15.2. The van der Waals surface area contributed by atoms with Gasteiger partial charge >= 0.3 is 0 Å². The lowest BCUT2D eigenvalue weighted by molar-refractivity contribution is 0.102. The van der Waals surface area contributed by atoms with E-state index in [4.69, 9.17) is 5.73 Å². The van der Waals surface area contributed by atoms with Crippen LogP contribution in [-0.2, 0) is 16.4 Å². The van der Waals surface area contributed by atoms with Crippen molar-refractivity contribution in [3.05, 3.63) is 59.7 Å². The Labute approximate surface area is 250 Å². The molecule has 5 rings (SSSR count). The number of likely N-dealkylation sites (tertiary alicyclic amines) is 1. The van der Waals surface area contributed by atoms with Gasteiger partial charge in [0.1, 0.15) is 16.5 Å². The fourth-order valence-electron chi connectivity index (χ4n) is 5.30. The summed E-state index contributed by atoms with van der Waals surface area (Å²) in [5.74, 6) is -3.02. The topological polar surface area (TPSA) is 134 Å². The van der Waals surface area contributed by atoms with Gasteiger partial charge in [-0.3, -0.25) is 9.78 Å². The summed E-state index contributed by atoms with van der Waals surface area (Å²) in [7, 11) is -4.20. The summed E-state index contributed by atoms with van der Waals surface area (Å²) in [4.78, 5) is 27.1. The van der Waals surface area contributed by atoms with Crippen LogP contribution in [0.2, 0.25) is 0 Å². The second-order valence-electron chi connectivity index (χ2n) is 10.4. The summed E-state index contributed by atoms with van der Waals surface area (Å²) in [6, 6.07) is 3.24. The summed E-state index contributed by atoms with van der Waals surface area (Å²) in [5, 5.41) is 2.77. The van der Waals surface area contributed by atoms with E-state index in [0.29, 0.717) is 24.6 Å². The number of hydrogen-bond acceptors (Lipinski definition) is 8. The van der Waals surface area contributed by atoms with Gasteiger partial charge in [-0.05, 0) is 81.9 Å². The highest BCUT2D eigenvalue weighted by atomic mass is 35.5. The lowest BCUT2D eigenvalue weighted by atomic mass is 10.1.